The van der Waals surface area contributed by atoms with Crippen molar-refractivity contribution >= 4 is 5.69 Å². The number of piperidine rings is 1. The van der Waals surface area contributed by atoms with Gasteiger partial charge in [0.15, 0.2) is 0 Å². The van der Waals surface area contributed by atoms with Crippen molar-refractivity contribution in [2.45, 2.75) is 31.8 Å². The molecule has 3 rings (SSSR count). The van der Waals surface area contributed by atoms with E-state index in [2.05, 4.69) is 60.4 Å². The fourth-order valence-electron chi connectivity index (χ4n) is 3.20. The molecule has 2 aromatic carbocycles. The highest BCUT2D eigenvalue weighted by Crippen LogP contribution is 2.29. The van der Waals surface area contributed by atoms with Crippen LogP contribution in [0.1, 0.15) is 24.0 Å². The minimum atomic E-state index is -0.556. The summed E-state index contributed by atoms with van der Waals surface area (Å²) in [4.78, 5) is 2.37. The Morgan fingerprint density at radius 2 is 1.71 bits per heavy atom. The average molecular weight is 281 g/mol. The Morgan fingerprint density at radius 3 is 2.38 bits per heavy atom. The molecule has 2 nitrogen and oxygen atoms in total. The van der Waals surface area contributed by atoms with Crippen LogP contribution in [0.4, 0.5) is 5.69 Å². The molecular weight excluding hydrogens is 258 g/mol. The van der Waals surface area contributed by atoms with Crippen LogP contribution < -0.4 is 4.90 Å². The average Bonchev–Trinajstić information content (AvgIpc) is 2.48. The predicted molar refractivity (Wildman–Crippen MR) is 87.7 cm³/mol. The lowest BCUT2D eigenvalue weighted by molar-refractivity contribution is 0.0165. The van der Waals surface area contributed by atoms with E-state index in [1.807, 2.05) is 6.07 Å². The summed E-state index contributed by atoms with van der Waals surface area (Å²) < 4.78 is 0. The van der Waals surface area contributed by atoms with Gasteiger partial charge in [-0.15, -0.1) is 0 Å². The molecular formula is C19H23NO. The highest BCUT2D eigenvalue weighted by molar-refractivity contribution is 5.46. The zero-order valence-electron chi connectivity index (χ0n) is 12.6. The minimum Gasteiger partial charge on any atom is -0.389 e. The van der Waals surface area contributed by atoms with Crippen molar-refractivity contribution in [3.63, 3.8) is 0 Å². The summed E-state index contributed by atoms with van der Waals surface area (Å²) >= 11 is 0. The molecule has 110 valence electrons. The Balaban J connectivity index is 1.64. The lowest BCUT2D eigenvalue weighted by Gasteiger charge is -2.39. The van der Waals surface area contributed by atoms with Crippen molar-refractivity contribution in [1.29, 1.82) is 0 Å². The molecule has 1 N–H and O–H groups in total. The molecule has 0 spiro atoms. The van der Waals surface area contributed by atoms with E-state index in [0.29, 0.717) is 0 Å². The topological polar surface area (TPSA) is 23.5 Å². The highest BCUT2D eigenvalue weighted by Gasteiger charge is 2.32. The molecule has 0 aromatic heterocycles. The van der Waals surface area contributed by atoms with E-state index >= 15 is 0 Å². The summed E-state index contributed by atoms with van der Waals surface area (Å²) in [5.41, 5.74) is 3.21. The SMILES string of the molecule is Cc1cccc(CC2(O)CCN(c3ccccc3)CC2)c1. The van der Waals surface area contributed by atoms with Gasteiger partial charge >= 0.3 is 0 Å². The first-order valence-electron chi connectivity index (χ1n) is 7.73. The second-order valence-corrected chi connectivity index (χ2v) is 6.21. The van der Waals surface area contributed by atoms with Crippen LogP contribution in [0, 0.1) is 6.92 Å². The van der Waals surface area contributed by atoms with Gasteiger partial charge < -0.3 is 10.0 Å². The third kappa shape index (κ3) is 3.45. The number of aliphatic hydroxyl groups is 1. The maximum Gasteiger partial charge on any atom is 0.0721 e. The Kier molecular flexibility index (Phi) is 3.98. The van der Waals surface area contributed by atoms with E-state index in [9.17, 15) is 5.11 Å². The van der Waals surface area contributed by atoms with Crippen LogP contribution in [-0.2, 0) is 6.42 Å². The number of para-hydroxylation sites is 1. The number of aryl methyl sites for hydroxylation is 1. The zero-order valence-corrected chi connectivity index (χ0v) is 12.6. The summed E-state index contributed by atoms with van der Waals surface area (Å²) in [6.45, 7) is 3.95. The quantitative estimate of drug-likeness (QED) is 0.929. The smallest absolute Gasteiger partial charge is 0.0721 e. The van der Waals surface area contributed by atoms with Crippen LogP contribution in [0.25, 0.3) is 0 Å². The molecule has 2 aromatic rings. The van der Waals surface area contributed by atoms with Crippen LogP contribution in [0.3, 0.4) is 0 Å². The van der Waals surface area contributed by atoms with Crippen molar-refractivity contribution < 1.29 is 5.11 Å². The van der Waals surface area contributed by atoms with Gasteiger partial charge in [0.05, 0.1) is 5.60 Å². The molecule has 0 saturated carbocycles. The van der Waals surface area contributed by atoms with Gasteiger partial charge in [-0.25, -0.2) is 0 Å². The first-order chi connectivity index (χ1) is 10.1. The first kappa shape index (κ1) is 14.2. The number of hydrogen-bond acceptors (Lipinski definition) is 2. The lowest BCUT2D eigenvalue weighted by atomic mass is 9.85. The van der Waals surface area contributed by atoms with Gasteiger partial charge in [-0.3, -0.25) is 0 Å². The molecule has 1 aliphatic heterocycles. The predicted octanol–water partition coefficient (Wildman–Crippen LogP) is 3.57. The molecule has 1 saturated heterocycles. The van der Waals surface area contributed by atoms with Crippen molar-refractivity contribution in [1.82, 2.24) is 0 Å². The van der Waals surface area contributed by atoms with Crippen molar-refractivity contribution in [2.75, 3.05) is 18.0 Å². The second-order valence-electron chi connectivity index (χ2n) is 6.21. The minimum absolute atomic E-state index is 0.556. The molecule has 0 unspecified atom stereocenters. The Hall–Kier alpha value is -1.80. The molecule has 0 amide bonds. The summed E-state index contributed by atoms with van der Waals surface area (Å²) in [5, 5.41) is 10.9. The Labute approximate surface area is 127 Å². The third-order valence-electron chi connectivity index (χ3n) is 4.43. The molecule has 0 aliphatic carbocycles. The number of hydrogen-bond donors (Lipinski definition) is 1. The van der Waals surface area contributed by atoms with Gasteiger partial charge in [0, 0.05) is 25.2 Å². The zero-order chi connectivity index (χ0) is 14.7. The number of nitrogens with zero attached hydrogens (tertiary/aromatic N) is 1. The van der Waals surface area contributed by atoms with Crippen molar-refractivity contribution in [3.05, 3.63) is 65.7 Å². The van der Waals surface area contributed by atoms with E-state index in [1.165, 1.54) is 16.8 Å². The van der Waals surface area contributed by atoms with Crippen LogP contribution >= 0.6 is 0 Å². The van der Waals surface area contributed by atoms with Crippen LogP contribution in [0.15, 0.2) is 54.6 Å². The summed E-state index contributed by atoms with van der Waals surface area (Å²) in [6, 6.07) is 19.0. The molecule has 1 fully saturated rings. The highest BCUT2D eigenvalue weighted by atomic mass is 16.3. The van der Waals surface area contributed by atoms with E-state index < -0.39 is 5.60 Å². The Morgan fingerprint density at radius 1 is 1.00 bits per heavy atom. The molecule has 0 bridgehead atoms. The normalized spacial score (nSPS) is 17.7. The molecule has 21 heavy (non-hydrogen) atoms. The van der Waals surface area contributed by atoms with Crippen LogP contribution in [-0.4, -0.2) is 23.8 Å². The summed E-state index contributed by atoms with van der Waals surface area (Å²) in [7, 11) is 0. The van der Waals surface area contributed by atoms with E-state index in [1.54, 1.807) is 0 Å². The van der Waals surface area contributed by atoms with Crippen LogP contribution in [0.2, 0.25) is 0 Å². The molecule has 1 heterocycles. The maximum atomic E-state index is 10.9. The van der Waals surface area contributed by atoms with Gasteiger partial charge in [-0.2, -0.15) is 0 Å². The van der Waals surface area contributed by atoms with Crippen molar-refractivity contribution in [2.24, 2.45) is 0 Å². The fourth-order valence-corrected chi connectivity index (χ4v) is 3.20. The maximum absolute atomic E-state index is 10.9. The number of benzene rings is 2. The first-order valence-corrected chi connectivity index (χ1v) is 7.73. The van der Waals surface area contributed by atoms with Gasteiger partial charge in [0.1, 0.15) is 0 Å². The largest absolute Gasteiger partial charge is 0.389 e. The van der Waals surface area contributed by atoms with Gasteiger partial charge in [0.2, 0.25) is 0 Å². The third-order valence-corrected chi connectivity index (χ3v) is 4.43. The van der Waals surface area contributed by atoms with Crippen LogP contribution in [0.5, 0.6) is 0 Å². The molecule has 0 atom stereocenters. The van der Waals surface area contributed by atoms with Crippen molar-refractivity contribution in [3.8, 4) is 0 Å². The lowest BCUT2D eigenvalue weighted by Crippen LogP contribution is -2.45. The van der Waals surface area contributed by atoms with E-state index in [0.717, 1.165) is 32.4 Å². The Bertz CT molecular complexity index is 586. The summed E-state index contributed by atoms with van der Waals surface area (Å²) in [5.74, 6) is 0. The number of rotatable bonds is 3. The van der Waals surface area contributed by atoms with Gasteiger partial charge in [-0.05, 0) is 37.5 Å². The molecule has 1 aliphatic rings. The summed E-state index contributed by atoms with van der Waals surface area (Å²) in [6.07, 6.45) is 2.42. The fraction of sp³-hybridized carbons (Fsp3) is 0.368. The molecule has 2 heteroatoms. The van der Waals surface area contributed by atoms with Gasteiger partial charge in [-0.1, -0.05) is 48.0 Å². The van der Waals surface area contributed by atoms with Gasteiger partial charge in [0.25, 0.3) is 0 Å². The monoisotopic (exact) mass is 281 g/mol. The number of anilines is 1. The van der Waals surface area contributed by atoms with E-state index in [-0.39, 0.29) is 0 Å². The molecule has 0 radical (unpaired) electrons. The second kappa shape index (κ2) is 5.90. The van der Waals surface area contributed by atoms with E-state index in [4.69, 9.17) is 0 Å². The standard InChI is InChI=1S/C19H23NO/c1-16-6-5-7-17(14-16)15-19(21)10-12-20(13-11-19)18-8-3-2-4-9-18/h2-9,14,21H,10-13,15H2,1H3.